The number of benzene rings is 2. The van der Waals surface area contributed by atoms with Gasteiger partial charge in [0.2, 0.25) is 0 Å². The molecule has 3 aromatic rings. The normalized spacial score (nSPS) is 22.4. The lowest BCUT2D eigenvalue weighted by atomic mass is 9.83. The molecular weight excluding hydrogens is 260 g/mol. The van der Waals surface area contributed by atoms with Gasteiger partial charge in [-0.2, -0.15) is 0 Å². The Balaban J connectivity index is 1.93. The first-order valence-electron chi connectivity index (χ1n) is 7.24. The van der Waals surface area contributed by atoms with Crippen LogP contribution in [0.4, 0.5) is 0 Å². The summed E-state index contributed by atoms with van der Waals surface area (Å²) in [6.45, 7) is 1.47. The van der Waals surface area contributed by atoms with Crippen molar-refractivity contribution in [3.8, 4) is 0 Å². The molecule has 106 valence electrons. The van der Waals surface area contributed by atoms with Crippen molar-refractivity contribution >= 4 is 10.9 Å². The third-order valence-corrected chi connectivity index (χ3v) is 4.38. The summed E-state index contributed by atoms with van der Waals surface area (Å²) in [5, 5.41) is 12.5. The summed E-state index contributed by atoms with van der Waals surface area (Å²) in [6.07, 6.45) is 0. The number of hydrogen-bond donors (Lipinski definition) is 2. The molecular formula is C18H18N2O. The number of rotatable bonds is 1. The zero-order chi connectivity index (χ0) is 14.4. The van der Waals surface area contributed by atoms with Crippen molar-refractivity contribution < 1.29 is 5.11 Å². The standard InChI is InChI=1S/C18H18N2O/c1-20-11-14-7-2-4-8-15(14)18(21,12-20)17-10-13-6-3-5-9-16(13)19-17/h2-10,19,21H,11-12H2,1H3. The van der Waals surface area contributed by atoms with Gasteiger partial charge in [0.25, 0.3) is 0 Å². The van der Waals surface area contributed by atoms with Crippen molar-refractivity contribution in [3.05, 3.63) is 71.4 Å². The Morgan fingerprint density at radius 2 is 1.86 bits per heavy atom. The van der Waals surface area contributed by atoms with Crippen LogP contribution in [-0.2, 0) is 12.1 Å². The van der Waals surface area contributed by atoms with Crippen LogP contribution in [0, 0.1) is 0 Å². The van der Waals surface area contributed by atoms with E-state index >= 15 is 0 Å². The Bertz CT molecular complexity index is 775. The van der Waals surface area contributed by atoms with Gasteiger partial charge in [-0.05, 0) is 35.7 Å². The number of likely N-dealkylation sites (N-methyl/N-ethyl adjacent to an activating group) is 1. The Morgan fingerprint density at radius 3 is 2.71 bits per heavy atom. The van der Waals surface area contributed by atoms with Crippen LogP contribution in [-0.4, -0.2) is 28.6 Å². The summed E-state index contributed by atoms with van der Waals surface area (Å²) >= 11 is 0. The van der Waals surface area contributed by atoms with Gasteiger partial charge in [-0.25, -0.2) is 0 Å². The van der Waals surface area contributed by atoms with E-state index in [1.165, 1.54) is 5.56 Å². The molecule has 2 N–H and O–H groups in total. The van der Waals surface area contributed by atoms with Crippen LogP contribution < -0.4 is 0 Å². The van der Waals surface area contributed by atoms with E-state index in [-0.39, 0.29) is 0 Å². The molecule has 1 aliphatic rings. The fraction of sp³-hybridized carbons (Fsp3) is 0.222. The van der Waals surface area contributed by atoms with E-state index in [9.17, 15) is 5.11 Å². The summed E-state index contributed by atoms with van der Waals surface area (Å²) in [4.78, 5) is 5.55. The van der Waals surface area contributed by atoms with Gasteiger partial charge in [0.1, 0.15) is 5.60 Å². The Morgan fingerprint density at radius 1 is 1.10 bits per heavy atom. The minimum Gasteiger partial charge on any atom is -0.377 e. The predicted molar refractivity (Wildman–Crippen MR) is 84.1 cm³/mol. The molecule has 0 aliphatic carbocycles. The minimum absolute atomic E-state index is 0.594. The highest BCUT2D eigenvalue weighted by Gasteiger charge is 2.39. The van der Waals surface area contributed by atoms with Gasteiger partial charge in [-0.1, -0.05) is 42.5 Å². The smallest absolute Gasteiger partial charge is 0.142 e. The van der Waals surface area contributed by atoms with E-state index in [4.69, 9.17) is 0 Å². The zero-order valence-corrected chi connectivity index (χ0v) is 12.0. The molecule has 2 heterocycles. The van der Waals surface area contributed by atoms with Gasteiger partial charge in [0, 0.05) is 18.6 Å². The molecule has 3 nitrogen and oxygen atoms in total. The first-order valence-corrected chi connectivity index (χ1v) is 7.24. The molecule has 1 unspecified atom stereocenters. The van der Waals surface area contributed by atoms with Gasteiger partial charge >= 0.3 is 0 Å². The number of fused-ring (bicyclic) bond motifs is 2. The third-order valence-electron chi connectivity index (χ3n) is 4.38. The lowest BCUT2D eigenvalue weighted by Crippen LogP contribution is -2.45. The lowest BCUT2D eigenvalue weighted by molar-refractivity contribution is 0.0252. The average Bonchev–Trinajstić information content (AvgIpc) is 2.91. The van der Waals surface area contributed by atoms with Crippen molar-refractivity contribution in [2.45, 2.75) is 12.1 Å². The molecule has 0 spiro atoms. The van der Waals surface area contributed by atoms with Gasteiger partial charge in [-0.15, -0.1) is 0 Å². The van der Waals surface area contributed by atoms with E-state index in [2.05, 4.69) is 28.1 Å². The van der Waals surface area contributed by atoms with Gasteiger partial charge < -0.3 is 10.1 Å². The first kappa shape index (κ1) is 12.6. The van der Waals surface area contributed by atoms with Crippen LogP contribution in [0.15, 0.2) is 54.6 Å². The van der Waals surface area contributed by atoms with E-state index in [0.717, 1.165) is 28.7 Å². The molecule has 0 saturated carbocycles. The van der Waals surface area contributed by atoms with Crippen LogP contribution in [0.5, 0.6) is 0 Å². The minimum atomic E-state index is -0.984. The van der Waals surface area contributed by atoms with Crippen molar-refractivity contribution in [2.24, 2.45) is 0 Å². The molecule has 21 heavy (non-hydrogen) atoms. The van der Waals surface area contributed by atoms with Crippen LogP contribution in [0.25, 0.3) is 10.9 Å². The number of β-amino-alcohol motifs (C(OH)–C–C–N with tert-alkyl or cyclic N) is 1. The van der Waals surface area contributed by atoms with Crippen LogP contribution in [0.2, 0.25) is 0 Å². The number of nitrogens with one attached hydrogen (secondary N) is 1. The lowest BCUT2D eigenvalue weighted by Gasteiger charge is -2.38. The number of aliphatic hydroxyl groups is 1. The molecule has 1 aromatic heterocycles. The summed E-state index contributed by atoms with van der Waals surface area (Å²) in [6, 6.07) is 18.4. The fourth-order valence-corrected chi connectivity index (χ4v) is 3.41. The van der Waals surface area contributed by atoms with Crippen molar-refractivity contribution in [3.63, 3.8) is 0 Å². The quantitative estimate of drug-likeness (QED) is 0.718. The maximum absolute atomic E-state index is 11.4. The Kier molecular flexibility index (Phi) is 2.67. The van der Waals surface area contributed by atoms with Crippen molar-refractivity contribution in [1.29, 1.82) is 0 Å². The SMILES string of the molecule is CN1Cc2ccccc2C(O)(c2cc3ccccc3[nH]2)C1. The van der Waals surface area contributed by atoms with Gasteiger partial charge in [-0.3, -0.25) is 4.90 Å². The van der Waals surface area contributed by atoms with E-state index < -0.39 is 5.60 Å². The summed E-state index contributed by atoms with van der Waals surface area (Å²) in [5.74, 6) is 0. The number of H-pyrrole nitrogens is 1. The molecule has 0 radical (unpaired) electrons. The molecule has 0 amide bonds. The van der Waals surface area contributed by atoms with Crippen molar-refractivity contribution in [2.75, 3.05) is 13.6 Å². The van der Waals surface area contributed by atoms with Gasteiger partial charge in [0.05, 0.1) is 5.69 Å². The number of aromatic nitrogens is 1. The average molecular weight is 278 g/mol. The molecule has 4 rings (SSSR count). The molecule has 0 saturated heterocycles. The third kappa shape index (κ3) is 1.89. The fourth-order valence-electron chi connectivity index (χ4n) is 3.41. The summed E-state index contributed by atoms with van der Waals surface area (Å²) in [5.41, 5.74) is 3.14. The van der Waals surface area contributed by atoms with E-state index in [0.29, 0.717) is 6.54 Å². The molecule has 1 atom stereocenters. The highest BCUT2D eigenvalue weighted by molar-refractivity contribution is 5.80. The van der Waals surface area contributed by atoms with E-state index in [1.807, 2.05) is 43.4 Å². The van der Waals surface area contributed by atoms with Crippen LogP contribution >= 0.6 is 0 Å². The first-order chi connectivity index (χ1) is 10.2. The second-order valence-electron chi connectivity index (χ2n) is 5.96. The molecule has 0 bridgehead atoms. The van der Waals surface area contributed by atoms with Gasteiger partial charge in [0.15, 0.2) is 0 Å². The summed E-state index contributed by atoms with van der Waals surface area (Å²) < 4.78 is 0. The molecule has 2 aromatic carbocycles. The second-order valence-corrected chi connectivity index (χ2v) is 5.96. The van der Waals surface area contributed by atoms with E-state index in [1.54, 1.807) is 0 Å². The zero-order valence-electron chi connectivity index (χ0n) is 12.0. The topological polar surface area (TPSA) is 39.3 Å². The second kappa shape index (κ2) is 4.45. The molecule has 3 heteroatoms. The highest BCUT2D eigenvalue weighted by Crippen LogP contribution is 2.37. The summed E-state index contributed by atoms with van der Waals surface area (Å²) in [7, 11) is 2.05. The highest BCUT2D eigenvalue weighted by atomic mass is 16.3. The number of nitrogens with zero attached hydrogens (tertiary/aromatic N) is 1. The van der Waals surface area contributed by atoms with Crippen LogP contribution in [0.1, 0.15) is 16.8 Å². The Hall–Kier alpha value is -2.10. The monoisotopic (exact) mass is 278 g/mol. The number of hydrogen-bond acceptors (Lipinski definition) is 2. The maximum Gasteiger partial charge on any atom is 0.142 e. The predicted octanol–water partition coefficient (Wildman–Crippen LogP) is 2.85. The molecule has 0 fully saturated rings. The number of aromatic amines is 1. The molecule has 1 aliphatic heterocycles. The van der Waals surface area contributed by atoms with Crippen LogP contribution in [0.3, 0.4) is 0 Å². The maximum atomic E-state index is 11.4. The van der Waals surface area contributed by atoms with Crippen molar-refractivity contribution in [1.82, 2.24) is 9.88 Å². The Labute approximate surface area is 123 Å². The largest absolute Gasteiger partial charge is 0.377 e. The number of para-hydroxylation sites is 1.